The van der Waals surface area contributed by atoms with Crippen molar-refractivity contribution in [1.82, 2.24) is 20.1 Å². The molecule has 0 saturated carbocycles. The number of hydrogen-bond acceptors (Lipinski definition) is 7. The van der Waals surface area contributed by atoms with E-state index in [-0.39, 0.29) is 5.91 Å². The molecule has 1 saturated heterocycles. The number of hydrogen-bond donors (Lipinski definition) is 1. The first-order valence-electron chi connectivity index (χ1n) is 8.48. The smallest absolute Gasteiger partial charge is 0.239 e. The maximum atomic E-state index is 12.3. The second-order valence-electron chi connectivity index (χ2n) is 6.19. The molecule has 1 fully saturated rings. The topological polar surface area (TPSA) is 80.2 Å². The van der Waals surface area contributed by atoms with Crippen LogP contribution in [0.3, 0.4) is 0 Å². The van der Waals surface area contributed by atoms with Crippen molar-refractivity contribution < 1.29 is 9.53 Å². The number of nitrogens with one attached hydrogen (secondary N) is 1. The molecule has 1 aliphatic heterocycles. The van der Waals surface area contributed by atoms with Gasteiger partial charge in [0.2, 0.25) is 5.91 Å². The molecule has 0 spiro atoms. The zero-order chi connectivity index (χ0) is 17.9. The van der Waals surface area contributed by atoms with Crippen LogP contribution in [0.4, 0.5) is 5.82 Å². The van der Waals surface area contributed by atoms with Gasteiger partial charge in [-0.15, -0.1) is 10.2 Å². The summed E-state index contributed by atoms with van der Waals surface area (Å²) in [6, 6.07) is 7.97. The Morgan fingerprint density at radius 1 is 1.23 bits per heavy atom. The van der Waals surface area contributed by atoms with Crippen molar-refractivity contribution in [2.45, 2.75) is 6.92 Å². The number of aromatic nitrogens is 3. The van der Waals surface area contributed by atoms with E-state index in [1.165, 1.54) is 0 Å². The normalized spacial score (nSPS) is 15.3. The van der Waals surface area contributed by atoms with Gasteiger partial charge in [0, 0.05) is 30.2 Å². The van der Waals surface area contributed by atoms with Gasteiger partial charge in [0.25, 0.3) is 0 Å². The Kier molecular flexibility index (Phi) is 4.87. The lowest BCUT2D eigenvalue weighted by Gasteiger charge is -2.25. The molecule has 0 unspecified atom stereocenters. The van der Waals surface area contributed by atoms with Gasteiger partial charge < -0.3 is 10.1 Å². The molecule has 1 N–H and O–H groups in total. The molecule has 2 aromatic heterocycles. The summed E-state index contributed by atoms with van der Waals surface area (Å²) in [6.45, 7) is 5.21. The molecule has 0 bridgehead atoms. The highest BCUT2D eigenvalue weighted by Crippen LogP contribution is 2.27. The van der Waals surface area contributed by atoms with Crippen molar-refractivity contribution in [2.24, 2.45) is 0 Å². The minimum absolute atomic E-state index is 0.0605. The first-order valence-corrected chi connectivity index (χ1v) is 9.29. The van der Waals surface area contributed by atoms with E-state index >= 15 is 0 Å². The fourth-order valence-electron chi connectivity index (χ4n) is 2.90. The second-order valence-corrected chi connectivity index (χ2v) is 7.38. The van der Waals surface area contributed by atoms with Crippen LogP contribution in [0.2, 0.25) is 0 Å². The zero-order valence-corrected chi connectivity index (χ0v) is 15.3. The molecule has 7 nitrogen and oxygen atoms in total. The molecule has 8 heteroatoms. The van der Waals surface area contributed by atoms with Crippen LogP contribution in [0.25, 0.3) is 21.3 Å². The van der Waals surface area contributed by atoms with Gasteiger partial charge in [0.15, 0.2) is 0 Å². The molecule has 3 aromatic rings. The highest BCUT2D eigenvalue weighted by atomic mass is 32.1. The lowest BCUT2D eigenvalue weighted by molar-refractivity contribution is -0.118. The van der Waals surface area contributed by atoms with E-state index in [1.807, 2.05) is 25.1 Å². The van der Waals surface area contributed by atoms with E-state index < -0.39 is 0 Å². The minimum Gasteiger partial charge on any atom is -0.379 e. The molecular formula is C18H19N5O2S. The van der Waals surface area contributed by atoms with Crippen LogP contribution in [0.5, 0.6) is 0 Å². The highest BCUT2D eigenvalue weighted by molar-refractivity contribution is 7.14. The van der Waals surface area contributed by atoms with Crippen molar-refractivity contribution in [2.75, 3.05) is 38.2 Å². The fourth-order valence-corrected chi connectivity index (χ4v) is 3.59. The second kappa shape index (κ2) is 7.45. The molecule has 3 heterocycles. The van der Waals surface area contributed by atoms with Crippen LogP contribution in [0.1, 0.15) is 5.01 Å². The number of rotatable bonds is 4. The number of carbonyl (C=O) groups is 1. The van der Waals surface area contributed by atoms with E-state index in [9.17, 15) is 4.79 Å². The largest absolute Gasteiger partial charge is 0.379 e. The summed E-state index contributed by atoms with van der Waals surface area (Å²) in [7, 11) is 0. The molecule has 1 aliphatic rings. The average molecular weight is 369 g/mol. The van der Waals surface area contributed by atoms with Gasteiger partial charge in [0.05, 0.1) is 19.8 Å². The third-order valence-electron chi connectivity index (χ3n) is 4.23. The number of nitrogens with zero attached hydrogens (tertiary/aromatic N) is 4. The van der Waals surface area contributed by atoms with Gasteiger partial charge in [-0.05, 0) is 24.4 Å². The highest BCUT2D eigenvalue weighted by Gasteiger charge is 2.14. The SMILES string of the molecule is Cc1nnc(-c2ccc3cnc(NC(=O)CN4CCOCC4)cc3c2)s1. The van der Waals surface area contributed by atoms with E-state index in [0.717, 1.165) is 39.4 Å². The maximum absolute atomic E-state index is 12.3. The predicted octanol–water partition coefficient (Wildman–Crippen LogP) is 2.33. The predicted molar refractivity (Wildman–Crippen MR) is 101 cm³/mol. The summed E-state index contributed by atoms with van der Waals surface area (Å²) in [6.07, 6.45) is 1.77. The van der Waals surface area contributed by atoms with Crippen LogP contribution in [-0.4, -0.2) is 58.8 Å². The van der Waals surface area contributed by atoms with Gasteiger partial charge in [-0.3, -0.25) is 9.69 Å². The molecule has 26 heavy (non-hydrogen) atoms. The van der Waals surface area contributed by atoms with Gasteiger partial charge in [0.1, 0.15) is 15.8 Å². The van der Waals surface area contributed by atoms with Gasteiger partial charge in [-0.1, -0.05) is 23.5 Å². The quantitative estimate of drug-likeness (QED) is 0.760. The fraction of sp³-hybridized carbons (Fsp3) is 0.333. The van der Waals surface area contributed by atoms with Crippen LogP contribution in [0.15, 0.2) is 30.5 Å². The van der Waals surface area contributed by atoms with Crippen LogP contribution >= 0.6 is 11.3 Å². The lowest BCUT2D eigenvalue weighted by atomic mass is 10.1. The lowest BCUT2D eigenvalue weighted by Crippen LogP contribution is -2.41. The Balaban J connectivity index is 1.51. The number of ether oxygens (including phenoxy) is 1. The van der Waals surface area contributed by atoms with E-state index in [4.69, 9.17) is 4.74 Å². The Hall–Kier alpha value is -2.42. The minimum atomic E-state index is -0.0605. The Labute approximate surface area is 155 Å². The number of benzene rings is 1. The summed E-state index contributed by atoms with van der Waals surface area (Å²) in [4.78, 5) is 18.7. The van der Waals surface area contributed by atoms with Crippen molar-refractivity contribution in [3.05, 3.63) is 35.5 Å². The van der Waals surface area contributed by atoms with Gasteiger partial charge >= 0.3 is 0 Å². The molecular weight excluding hydrogens is 350 g/mol. The monoisotopic (exact) mass is 369 g/mol. The van der Waals surface area contributed by atoms with Crippen molar-refractivity contribution in [3.8, 4) is 10.6 Å². The number of anilines is 1. The van der Waals surface area contributed by atoms with E-state index in [2.05, 4.69) is 31.5 Å². The van der Waals surface area contributed by atoms with Crippen LogP contribution in [-0.2, 0) is 9.53 Å². The Morgan fingerprint density at radius 2 is 2.08 bits per heavy atom. The summed E-state index contributed by atoms with van der Waals surface area (Å²) in [5, 5.41) is 15.0. The van der Waals surface area contributed by atoms with Crippen LogP contribution < -0.4 is 5.32 Å². The number of fused-ring (bicyclic) bond motifs is 1. The molecule has 1 amide bonds. The number of carbonyl (C=O) groups excluding carboxylic acids is 1. The van der Waals surface area contributed by atoms with E-state index in [1.54, 1.807) is 17.5 Å². The van der Waals surface area contributed by atoms with Crippen molar-refractivity contribution in [1.29, 1.82) is 0 Å². The first kappa shape index (κ1) is 17.0. The average Bonchev–Trinajstić information content (AvgIpc) is 3.08. The van der Waals surface area contributed by atoms with Crippen LogP contribution in [0, 0.1) is 6.92 Å². The summed E-state index contributed by atoms with van der Waals surface area (Å²) in [5.74, 6) is 0.496. The summed E-state index contributed by atoms with van der Waals surface area (Å²) in [5.41, 5.74) is 1.01. The van der Waals surface area contributed by atoms with Gasteiger partial charge in [-0.2, -0.15) is 0 Å². The molecule has 0 aliphatic carbocycles. The maximum Gasteiger partial charge on any atom is 0.239 e. The Morgan fingerprint density at radius 3 is 2.85 bits per heavy atom. The standard InChI is InChI=1S/C18H19N5O2S/c1-12-21-22-18(26-12)13-2-3-14-10-19-16(9-15(14)8-13)20-17(24)11-23-4-6-25-7-5-23/h2-3,8-10H,4-7,11H2,1H3,(H,19,20,24). The number of morpholine rings is 1. The number of pyridine rings is 1. The molecule has 134 valence electrons. The molecule has 0 radical (unpaired) electrons. The Bertz CT molecular complexity index is 936. The molecule has 0 atom stereocenters. The first-order chi connectivity index (χ1) is 12.7. The molecule has 1 aromatic carbocycles. The third kappa shape index (κ3) is 3.87. The summed E-state index contributed by atoms with van der Waals surface area (Å²) >= 11 is 1.56. The third-order valence-corrected chi connectivity index (χ3v) is 5.12. The van der Waals surface area contributed by atoms with Crippen molar-refractivity contribution >= 4 is 33.8 Å². The number of aryl methyl sites for hydroxylation is 1. The van der Waals surface area contributed by atoms with Crippen molar-refractivity contribution in [3.63, 3.8) is 0 Å². The summed E-state index contributed by atoms with van der Waals surface area (Å²) < 4.78 is 5.30. The van der Waals surface area contributed by atoms with Gasteiger partial charge in [-0.25, -0.2) is 4.98 Å². The number of amides is 1. The zero-order valence-electron chi connectivity index (χ0n) is 14.4. The van der Waals surface area contributed by atoms with E-state index in [0.29, 0.717) is 25.6 Å². The molecule has 4 rings (SSSR count).